The molecule has 1 N–H and O–H groups in total. The molecule has 2 heterocycles. The summed E-state index contributed by atoms with van der Waals surface area (Å²) in [5, 5.41) is 12.7. The Morgan fingerprint density at radius 2 is 1.91 bits per heavy atom. The number of fused-ring (bicyclic) bond motifs is 1. The van der Waals surface area contributed by atoms with Crippen molar-refractivity contribution in [1.82, 2.24) is 19.4 Å². The van der Waals surface area contributed by atoms with E-state index in [0.717, 1.165) is 15.8 Å². The normalized spacial score (nSPS) is 11.0. The summed E-state index contributed by atoms with van der Waals surface area (Å²) in [6.45, 7) is 1.67. The minimum absolute atomic E-state index is 0.244. The summed E-state index contributed by atoms with van der Waals surface area (Å²) in [7, 11) is 1.53. The number of benzene rings is 2. The second-order valence-electron chi connectivity index (χ2n) is 7.05. The highest BCUT2D eigenvalue weighted by Crippen LogP contribution is 2.25. The van der Waals surface area contributed by atoms with Crippen molar-refractivity contribution in [3.8, 4) is 5.75 Å². The number of rotatable bonds is 7. The van der Waals surface area contributed by atoms with Gasteiger partial charge in [-0.1, -0.05) is 41.6 Å². The topological polar surface area (TPSA) is 90.5 Å². The zero-order valence-electron chi connectivity index (χ0n) is 17.4. The van der Waals surface area contributed by atoms with Crippen LogP contribution in [0.5, 0.6) is 5.75 Å². The summed E-state index contributed by atoms with van der Waals surface area (Å²) < 4.78 is 7.57. The van der Waals surface area contributed by atoms with Crippen molar-refractivity contribution in [2.24, 2.45) is 0 Å². The number of methoxy groups -OCH3 is 1. The standard InChI is InChI=1S/C22H20ClN5O3S/c1-14-3-8-18(31-2)17(11-14)24-20(29)12-27-22(30)28-19(25-27)9-10-21(26-28)32-13-15-4-6-16(23)7-5-15/h3-11H,12-13H2,1-2H3,(H,24,29). The number of halogens is 1. The molecule has 2 aromatic carbocycles. The van der Waals surface area contributed by atoms with Crippen LogP contribution in [0.25, 0.3) is 5.65 Å². The fourth-order valence-corrected chi connectivity index (χ4v) is 3.99. The van der Waals surface area contributed by atoms with E-state index in [-0.39, 0.29) is 6.54 Å². The number of carbonyl (C=O) groups is 1. The summed E-state index contributed by atoms with van der Waals surface area (Å²) in [4.78, 5) is 25.3. The first-order chi connectivity index (χ1) is 15.4. The number of amides is 1. The van der Waals surface area contributed by atoms with Gasteiger partial charge in [0.1, 0.15) is 17.3 Å². The zero-order valence-corrected chi connectivity index (χ0v) is 19.0. The number of ether oxygens (including phenoxy) is 1. The van der Waals surface area contributed by atoms with Crippen LogP contribution in [-0.4, -0.2) is 32.4 Å². The van der Waals surface area contributed by atoms with E-state index < -0.39 is 11.6 Å². The van der Waals surface area contributed by atoms with Crippen LogP contribution >= 0.6 is 23.4 Å². The van der Waals surface area contributed by atoms with E-state index in [4.69, 9.17) is 16.3 Å². The lowest BCUT2D eigenvalue weighted by molar-refractivity contribution is -0.117. The average Bonchev–Trinajstić information content (AvgIpc) is 3.08. The smallest absolute Gasteiger partial charge is 0.367 e. The SMILES string of the molecule is COc1ccc(C)cc1NC(=O)Cn1nc2ccc(SCc3ccc(Cl)cc3)nn2c1=O. The van der Waals surface area contributed by atoms with Gasteiger partial charge in [-0.25, -0.2) is 9.48 Å². The van der Waals surface area contributed by atoms with Crippen molar-refractivity contribution in [2.45, 2.75) is 24.2 Å². The van der Waals surface area contributed by atoms with E-state index in [9.17, 15) is 9.59 Å². The first-order valence-electron chi connectivity index (χ1n) is 9.71. The largest absolute Gasteiger partial charge is 0.495 e. The molecule has 0 fully saturated rings. The average molecular weight is 470 g/mol. The van der Waals surface area contributed by atoms with Crippen LogP contribution in [0.15, 0.2) is 64.4 Å². The molecule has 0 spiro atoms. The molecule has 1 amide bonds. The first kappa shape index (κ1) is 21.9. The van der Waals surface area contributed by atoms with Crippen molar-refractivity contribution in [3.05, 3.63) is 81.2 Å². The van der Waals surface area contributed by atoms with Gasteiger partial charge in [0.2, 0.25) is 5.91 Å². The molecule has 0 saturated carbocycles. The van der Waals surface area contributed by atoms with Crippen LogP contribution < -0.4 is 15.7 Å². The minimum Gasteiger partial charge on any atom is -0.495 e. The third-order valence-electron chi connectivity index (χ3n) is 4.64. The Labute approximate surface area is 193 Å². The van der Waals surface area contributed by atoms with E-state index in [1.54, 1.807) is 24.3 Å². The number of nitrogens with one attached hydrogen (secondary N) is 1. The van der Waals surface area contributed by atoms with Crippen molar-refractivity contribution >= 4 is 40.6 Å². The second kappa shape index (κ2) is 9.46. The molecule has 0 aliphatic heterocycles. The van der Waals surface area contributed by atoms with Crippen molar-refractivity contribution in [3.63, 3.8) is 0 Å². The lowest BCUT2D eigenvalue weighted by atomic mass is 10.2. The summed E-state index contributed by atoms with van der Waals surface area (Å²) >= 11 is 7.41. The van der Waals surface area contributed by atoms with Gasteiger partial charge in [0.15, 0.2) is 5.65 Å². The Hall–Kier alpha value is -3.30. The third kappa shape index (κ3) is 4.95. The fourth-order valence-electron chi connectivity index (χ4n) is 3.05. The predicted octanol–water partition coefficient (Wildman–Crippen LogP) is 3.79. The fraction of sp³-hybridized carbons (Fsp3) is 0.182. The van der Waals surface area contributed by atoms with Gasteiger partial charge in [-0.15, -0.1) is 5.10 Å². The first-order valence-corrected chi connectivity index (χ1v) is 11.1. The van der Waals surface area contributed by atoms with Gasteiger partial charge in [-0.2, -0.15) is 9.61 Å². The molecule has 4 rings (SSSR count). The molecule has 2 aromatic heterocycles. The number of thioether (sulfide) groups is 1. The monoisotopic (exact) mass is 469 g/mol. The quantitative estimate of drug-likeness (QED) is 0.414. The van der Waals surface area contributed by atoms with Gasteiger partial charge in [0.05, 0.1) is 12.8 Å². The highest BCUT2D eigenvalue weighted by atomic mass is 35.5. The van der Waals surface area contributed by atoms with Crippen LogP contribution in [0.2, 0.25) is 5.02 Å². The molecule has 32 heavy (non-hydrogen) atoms. The van der Waals surface area contributed by atoms with Gasteiger partial charge in [-0.3, -0.25) is 4.79 Å². The Balaban J connectivity index is 1.48. The van der Waals surface area contributed by atoms with Gasteiger partial charge in [-0.05, 0) is 54.4 Å². The summed E-state index contributed by atoms with van der Waals surface area (Å²) in [5.74, 6) is 0.825. The number of aromatic nitrogens is 4. The maximum atomic E-state index is 12.7. The molecule has 10 heteroatoms. The maximum Gasteiger partial charge on any atom is 0.367 e. The lowest BCUT2D eigenvalue weighted by Crippen LogP contribution is -2.29. The number of hydrogen-bond acceptors (Lipinski definition) is 6. The van der Waals surface area contributed by atoms with Crippen LogP contribution in [0.3, 0.4) is 0 Å². The molecule has 0 aliphatic rings. The van der Waals surface area contributed by atoms with Gasteiger partial charge in [0, 0.05) is 10.8 Å². The Morgan fingerprint density at radius 3 is 2.66 bits per heavy atom. The minimum atomic E-state index is -0.486. The van der Waals surface area contributed by atoms with Crippen LogP contribution in [0, 0.1) is 6.92 Å². The summed E-state index contributed by atoms with van der Waals surface area (Å²) in [6.07, 6.45) is 0. The third-order valence-corrected chi connectivity index (χ3v) is 5.88. The molecular weight excluding hydrogens is 450 g/mol. The highest BCUT2D eigenvalue weighted by Gasteiger charge is 2.14. The Kier molecular flexibility index (Phi) is 6.48. The van der Waals surface area contributed by atoms with Gasteiger partial charge in [0.25, 0.3) is 0 Å². The molecule has 8 nitrogen and oxygen atoms in total. The number of aryl methyl sites for hydroxylation is 1. The number of carbonyl (C=O) groups excluding carboxylic acids is 1. The Morgan fingerprint density at radius 1 is 1.12 bits per heavy atom. The van der Waals surface area contributed by atoms with Gasteiger partial charge < -0.3 is 10.1 Å². The van der Waals surface area contributed by atoms with Crippen LogP contribution in [-0.2, 0) is 17.1 Å². The van der Waals surface area contributed by atoms with Crippen LogP contribution in [0.4, 0.5) is 5.69 Å². The summed E-state index contributed by atoms with van der Waals surface area (Å²) in [6, 6.07) is 16.5. The highest BCUT2D eigenvalue weighted by molar-refractivity contribution is 7.98. The molecule has 0 atom stereocenters. The van der Waals surface area contributed by atoms with Gasteiger partial charge >= 0.3 is 5.69 Å². The number of hydrogen-bond donors (Lipinski definition) is 1. The molecule has 0 aliphatic carbocycles. The molecular formula is C22H20ClN5O3S. The van der Waals surface area contributed by atoms with E-state index in [1.165, 1.54) is 23.4 Å². The lowest BCUT2D eigenvalue weighted by Gasteiger charge is -2.10. The predicted molar refractivity (Wildman–Crippen MR) is 125 cm³/mol. The number of anilines is 1. The molecule has 164 valence electrons. The second-order valence-corrected chi connectivity index (χ2v) is 8.48. The molecule has 0 saturated heterocycles. The van der Waals surface area contributed by atoms with Crippen molar-refractivity contribution in [1.29, 1.82) is 0 Å². The maximum absolute atomic E-state index is 12.7. The van der Waals surface area contributed by atoms with E-state index in [1.807, 2.05) is 37.3 Å². The van der Waals surface area contributed by atoms with Crippen molar-refractivity contribution in [2.75, 3.05) is 12.4 Å². The van der Waals surface area contributed by atoms with Crippen molar-refractivity contribution < 1.29 is 9.53 Å². The molecule has 0 radical (unpaired) electrons. The van der Waals surface area contributed by atoms with E-state index in [0.29, 0.717) is 32.9 Å². The molecule has 4 aromatic rings. The number of nitrogens with zero attached hydrogens (tertiary/aromatic N) is 4. The van der Waals surface area contributed by atoms with Crippen LogP contribution in [0.1, 0.15) is 11.1 Å². The molecule has 0 bridgehead atoms. The van der Waals surface area contributed by atoms with E-state index in [2.05, 4.69) is 15.5 Å². The molecule has 0 unspecified atom stereocenters. The van der Waals surface area contributed by atoms with E-state index >= 15 is 0 Å². The summed E-state index contributed by atoms with van der Waals surface area (Å²) in [5.41, 5.74) is 2.48. The zero-order chi connectivity index (χ0) is 22.7. The Bertz CT molecular complexity index is 1330.